The fraction of sp³-hybridized carbons (Fsp3) is 0. The van der Waals surface area contributed by atoms with Crippen LogP contribution in [0.5, 0.6) is 0 Å². The minimum atomic E-state index is 0.461. The number of benzene rings is 2. The normalized spacial score (nSPS) is 9.93. The van der Waals surface area contributed by atoms with E-state index in [1.54, 1.807) is 12.1 Å². The van der Waals surface area contributed by atoms with Crippen LogP contribution in [-0.4, -0.2) is 0 Å². The Morgan fingerprint density at radius 3 is 2.57 bits per heavy atom. The molecule has 0 fully saturated rings. The van der Waals surface area contributed by atoms with Gasteiger partial charge in [-0.2, -0.15) is 5.26 Å². The van der Waals surface area contributed by atoms with E-state index in [2.05, 4.69) is 0 Å². The Morgan fingerprint density at radius 1 is 1.07 bits per heavy atom. The first-order chi connectivity index (χ1) is 6.74. The first kappa shape index (κ1) is 8.39. The summed E-state index contributed by atoms with van der Waals surface area (Å²) in [5.74, 6) is 0. The van der Waals surface area contributed by atoms with Gasteiger partial charge < -0.3 is 11.5 Å². The Bertz CT molecular complexity index is 538. The van der Waals surface area contributed by atoms with Crippen LogP contribution in [0.2, 0.25) is 0 Å². The van der Waals surface area contributed by atoms with E-state index in [0.717, 1.165) is 10.8 Å². The maximum absolute atomic E-state index is 8.80. The summed E-state index contributed by atoms with van der Waals surface area (Å²) < 4.78 is 0. The zero-order chi connectivity index (χ0) is 10.1. The van der Waals surface area contributed by atoms with Crippen molar-refractivity contribution in [1.29, 1.82) is 5.26 Å². The molecule has 0 bridgehead atoms. The summed E-state index contributed by atoms with van der Waals surface area (Å²) in [6.07, 6.45) is 0. The van der Waals surface area contributed by atoms with Gasteiger partial charge in [-0.25, -0.2) is 0 Å². The van der Waals surface area contributed by atoms with Gasteiger partial charge in [-0.1, -0.05) is 18.2 Å². The summed E-state index contributed by atoms with van der Waals surface area (Å²) in [5, 5.41) is 10.5. The van der Waals surface area contributed by atoms with Crippen LogP contribution in [0.3, 0.4) is 0 Å². The maximum atomic E-state index is 8.80. The molecule has 0 atom stereocenters. The van der Waals surface area contributed by atoms with E-state index < -0.39 is 0 Å². The van der Waals surface area contributed by atoms with E-state index >= 15 is 0 Å². The van der Waals surface area contributed by atoms with Crippen LogP contribution in [-0.2, 0) is 0 Å². The highest BCUT2D eigenvalue weighted by Gasteiger charge is 2.05. The monoisotopic (exact) mass is 183 g/mol. The summed E-state index contributed by atoms with van der Waals surface area (Å²) >= 11 is 0. The van der Waals surface area contributed by atoms with Crippen molar-refractivity contribution < 1.29 is 0 Å². The Labute approximate surface area is 81.6 Å². The molecule has 0 aliphatic heterocycles. The first-order valence-corrected chi connectivity index (χ1v) is 4.21. The number of rotatable bonds is 0. The zero-order valence-corrected chi connectivity index (χ0v) is 7.49. The number of nitriles is 1. The molecular weight excluding hydrogens is 174 g/mol. The molecule has 3 nitrogen and oxygen atoms in total. The van der Waals surface area contributed by atoms with Gasteiger partial charge in [0.15, 0.2) is 0 Å². The molecule has 0 amide bonds. The van der Waals surface area contributed by atoms with Gasteiger partial charge in [-0.05, 0) is 17.5 Å². The third-order valence-electron chi connectivity index (χ3n) is 2.24. The number of nitrogens with zero attached hydrogens (tertiary/aromatic N) is 1. The van der Waals surface area contributed by atoms with E-state index in [4.69, 9.17) is 16.7 Å². The highest BCUT2D eigenvalue weighted by molar-refractivity contribution is 6.03. The Kier molecular flexibility index (Phi) is 1.76. The number of hydrogen-bond donors (Lipinski definition) is 2. The van der Waals surface area contributed by atoms with Gasteiger partial charge in [0.25, 0.3) is 0 Å². The standard InChI is InChI=1S/C11H9N3/c12-6-8-5-4-7-2-1-3-9(13)10(7)11(8)14/h1-5H,13-14H2. The van der Waals surface area contributed by atoms with Gasteiger partial charge in [0.2, 0.25) is 0 Å². The number of anilines is 2. The number of fused-ring (bicyclic) bond motifs is 1. The van der Waals surface area contributed by atoms with Gasteiger partial charge in [0, 0.05) is 11.1 Å². The van der Waals surface area contributed by atoms with E-state index in [0.29, 0.717) is 16.9 Å². The maximum Gasteiger partial charge on any atom is 0.101 e. The predicted molar refractivity (Wildman–Crippen MR) is 57.5 cm³/mol. The largest absolute Gasteiger partial charge is 0.398 e. The average Bonchev–Trinajstić information content (AvgIpc) is 2.18. The summed E-state index contributed by atoms with van der Waals surface area (Å²) in [7, 11) is 0. The molecule has 14 heavy (non-hydrogen) atoms. The van der Waals surface area contributed by atoms with Gasteiger partial charge in [-0.3, -0.25) is 0 Å². The summed E-state index contributed by atoms with van der Waals surface area (Å²) in [5.41, 5.74) is 13.2. The summed E-state index contributed by atoms with van der Waals surface area (Å²) in [4.78, 5) is 0. The predicted octanol–water partition coefficient (Wildman–Crippen LogP) is 1.88. The van der Waals surface area contributed by atoms with Crippen LogP contribution in [0.15, 0.2) is 30.3 Å². The second kappa shape index (κ2) is 2.93. The molecule has 0 radical (unpaired) electrons. The molecule has 2 aromatic rings. The number of nitrogen functional groups attached to an aromatic ring is 2. The lowest BCUT2D eigenvalue weighted by atomic mass is 10.0. The van der Waals surface area contributed by atoms with Gasteiger partial charge in [0.1, 0.15) is 6.07 Å². The lowest BCUT2D eigenvalue weighted by molar-refractivity contribution is 1.49. The van der Waals surface area contributed by atoms with Crippen molar-refractivity contribution in [2.45, 2.75) is 0 Å². The molecule has 0 aromatic heterocycles. The van der Waals surface area contributed by atoms with E-state index in [1.165, 1.54) is 0 Å². The van der Waals surface area contributed by atoms with Crippen molar-refractivity contribution >= 4 is 22.1 Å². The minimum Gasteiger partial charge on any atom is -0.398 e. The van der Waals surface area contributed by atoms with Crippen LogP contribution in [0.1, 0.15) is 5.56 Å². The Morgan fingerprint density at radius 2 is 1.86 bits per heavy atom. The van der Waals surface area contributed by atoms with Gasteiger partial charge in [0.05, 0.1) is 11.3 Å². The minimum absolute atomic E-state index is 0.461. The van der Waals surface area contributed by atoms with E-state index in [-0.39, 0.29) is 0 Å². The Balaban J connectivity index is 2.95. The van der Waals surface area contributed by atoms with Gasteiger partial charge >= 0.3 is 0 Å². The molecule has 2 aromatic carbocycles. The molecule has 0 saturated carbocycles. The van der Waals surface area contributed by atoms with Crippen molar-refractivity contribution in [3.8, 4) is 6.07 Å². The molecule has 3 heteroatoms. The number of hydrogen-bond acceptors (Lipinski definition) is 3. The third-order valence-corrected chi connectivity index (χ3v) is 2.24. The first-order valence-electron chi connectivity index (χ1n) is 4.21. The highest BCUT2D eigenvalue weighted by atomic mass is 14.6. The molecule has 0 saturated heterocycles. The fourth-order valence-electron chi connectivity index (χ4n) is 1.53. The topological polar surface area (TPSA) is 75.8 Å². The average molecular weight is 183 g/mol. The lowest BCUT2D eigenvalue weighted by Gasteiger charge is -2.06. The quantitative estimate of drug-likeness (QED) is 0.612. The summed E-state index contributed by atoms with van der Waals surface area (Å²) in [6, 6.07) is 11.1. The number of nitrogens with two attached hydrogens (primary N) is 2. The molecule has 4 N–H and O–H groups in total. The zero-order valence-electron chi connectivity index (χ0n) is 7.49. The molecule has 2 rings (SSSR count). The molecule has 68 valence electrons. The molecule has 0 aliphatic rings. The van der Waals surface area contributed by atoms with Crippen LogP contribution in [0.4, 0.5) is 11.4 Å². The lowest BCUT2D eigenvalue weighted by Crippen LogP contribution is -1.95. The Hall–Kier alpha value is -2.21. The molecular formula is C11H9N3. The van der Waals surface area contributed by atoms with E-state index in [9.17, 15) is 0 Å². The van der Waals surface area contributed by atoms with Crippen molar-refractivity contribution in [2.75, 3.05) is 11.5 Å². The van der Waals surface area contributed by atoms with Crippen LogP contribution < -0.4 is 11.5 Å². The second-order valence-corrected chi connectivity index (χ2v) is 3.08. The van der Waals surface area contributed by atoms with Crippen molar-refractivity contribution in [2.24, 2.45) is 0 Å². The fourth-order valence-corrected chi connectivity index (χ4v) is 1.53. The molecule has 0 heterocycles. The molecule has 0 unspecified atom stereocenters. The summed E-state index contributed by atoms with van der Waals surface area (Å²) in [6.45, 7) is 0. The third kappa shape index (κ3) is 1.05. The SMILES string of the molecule is N#Cc1ccc2cccc(N)c2c1N. The van der Waals surface area contributed by atoms with Crippen molar-refractivity contribution in [3.63, 3.8) is 0 Å². The van der Waals surface area contributed by atoms with Crippen molar-refractivity contribution in [1.82, 2.24) is 0 Å². The van der Waals surface area contributed by atoms with Gasteiger partial charge in [-0.15, -0.1) is 0 Å². The van der Waals surface area contributed by atoms with Crippen LogP contribution in [0, 0.1) is 11.3 Å². The second-order valence-electron chi connectivity index (χ2n) is 3.08. The van der Waals surface area contributed by atoms with Crippen molar-refractivity contribution in [3.05, 3.63) is 35.9 Å². The molecule has 0 aliphatic carbocycles. The molecule has 0 spiro atoms. The smallest absolute Gasteiger partial charge is 0.101 e. The highest BCUT2D eigenvalue weighted by Crippen LogP contribution is 2.29. The van der Waals surface area contributed by atoms with E-state index in [1.807, 2.05) is 24.3 Å². The van der Waals surface area contributed by atoms with Crippen LogP contribution >= 0.6 is 0 Å². The van der Waals surface area contributed by atoms with Crippen LogP contribution in [0.25, 0.3) is 10.8 Å².